The van der Waals surface area contributed by atoms with Gasteiger partial charge in [-0.05, 0) is 26.0 Å². The van der Waals surface area contributed by atoms with Gasteiger partial charge < -0.3 is 14.2 Å². The van der Waals surface area contributed by atoms with E-state index in [2.05, 4.69) is 25.8 Å². The van der Waals surface area contributed by atoms with Crippen LogP contribution < -0.4 is 4.90 Å². The van der Waals surface area contributed by atoms with Crippen molar-refractivity contribution >= 4 is 24.1 Å². The number of hydrogen-bond donors (Lipinski definition) is 0. The van der Waals surface area contributed by atoms with Crippen LogP contribution in [-0.2, 0) is 11.4 Å². The first-order valence-electron chi connectivity index (χ1n) is 9.11. The first-order valence-corrected chi connectivity index (χ1v) is 9.52. The summed E-state index contributed by atoms with van der Waals surface area (Å²) in [4.78, 5) is 25.2. The zero-order valence-electron chi connectivity index (χ0n) is 16.0. The Bertz CT molecular complexity index is 945. The van der Waals surface area contributed by atoms with Crippen molar-refractivity contribution in [1.29, 1.82) is 5.26 Å². The van der Waals surface area contributed by atoms with Crippen molar-refractivity contribution in [2.45, 2.75) is 20.5 Å². The third-order valence-corrected chi connectivity index (χ3v) is 5.16. The number of piperazine rings is 1. The molecule has 0 atom stereocenters. The van der Waals surface area contributed by atoms with Crippen LogP contribution in [-0.4, -0.2) is 58.2 Å². The normalized spacial score (nSPS) is 14.5. The molecule has 0 saturated carbocycles. The number of anilines is 1. The van der Waals surface area contributed by atoms with Crippen LogP contribution in [0.4, 0.5) is 5.95 Å². The third kappa shape index (κ3) is 4.18. The lowest BCUT2D eigenvalue weighted by Crippen LogP contribution is -2.47. The molecule has 8 nitrogen and oxygen atoms in total. The molecule has 28 heavy (non-hydrogen) atoms. The Kier molecular flexibility index (Phi) is 6.34. The van der Waals surface area contributed by atoms with Gasteiger partial charge in [0.15, 0.2) is 0 Å². The predicted octanol–water partition coefficient (Wildman–Crippen LogP) is 2.14. The monoisotopic (exact) mass is 398 g/mol. The lowest BCUT2D eigenvalue weighted by atomic mass is 10.1. The molecule has 1 saturated heterocycles. The lowest BCUT2D eigenvalue weighted by molar-refractivity contribution is 0.0523. The predicted molar refractivity (Wildman–Crippen MR) is 106 cm³/mol. The number of carbonyl (C=O) groups excluding carboxylic acids is 1. The average molecular weight is 398 g/mol. The first kappa shape index (κ1) is 19.9. The molecule has 1 aliphatic heterocycles. The molecule has 0 unspecified atom stereocenters. The summed E-state index contributed by atoms with van der Waals surface area (Å²) in [7, 11) is 0. The van der Waals surface area contributed by atoms with Crippen LogP contribution in [0.25, 0.3) is 0 Å². The number of carbonyl (C=O) groups is 1. The number of pyridine rings is 1. The van der Waals surface area contributed by atoms with E-state index in [4.69, 9.17) is 17.0 Å². The van der Waals surface area contributed by atoms with Gasteiger partial charge in [0.05, 0.1) is 24.4 Å². The molecule has 0 amide bonds. The van der Waals surface area contributed by atoms with Crippen molar-refractivity contribution in [3.8, 4) is 6.07 Å². The van der Waals surface area contributed by atoms with E-state index >= 15 is 0 Å². The zero-order chi connectivity index (χ0) is 20.1. The molecule has 0 bridgehead atoms. The molecule has 1 aliphatic rings. The maximum absolute atomic E-state index is 12.3. The number of nitriles is 1. The van der Waals surface area contributed by atoms with E-state index in [1.807, 2.05) is 11.5 Å². The highest BCUT2D eigenvalue weighted by Crippen LogP contribution is 2.17. The molecule has 2 aromatic rings. The van der Waals surface area contributed by atoms with E-state index in [9.17, 15) is 10.1 Å². The van der Waals surface area contributed by atoms with Crippen molar-refractivity contribution in [2.24, 2.45) is 0 Å². The number of aromatic nitrogens is 3. The van der Waals surface area contributed by atoms with Gasteiger partial charge >= 0.3 is 5.97 Å². The number of nitrogens with zero attached hydrogens (tertiary/aromatic N) is 6. The number of rotatable bonds is 5. The minimum atomic E-state index is -0.439. The van der Waals surface area contributed by atoms with Gasteiger partial charge in [0.2, 0.25) is 5.95 Å². The van der Waals surface area contributed by atoms with Gasteiger partial charge in [0, 0.05) is 44.3 Å². The van der Waals surface area contributed by atoms with Crippen LogP contribution in [0.2, 0.25) is 0 Å². The van der Waals surface area contributed by atoms with Crippen molar-refractivity contribution in [2.75, 3.05) is 37.7 Å². The summed E-state index contributed by atoms with van der Waals surface area (Å²) in [6.07, 6.45) is 3.48. The second-order valence-electron chi connectivity index (χ2n) is 6.42. The quantitative estimate of drug-likeness (QED) is 0.559. The van der Waals surface area contributed by atoms with Gasteiger partial charge in [0.1, 0.15) is 10.7 Å². The second kappa shape index (κ2) is 8.91. The smallest absolute Gasteiger partial charge is 0.339 e. The van der Waals surface area contributed by atoms with Crippen LogP contribution in [0.15, 0.2) is 24.5 Å². The summed E-state index contributed by atoms with van der Waals surface area (Å²) in [5.74, 6) is 0.289. The molecule has 0 N–H and O–H groups in total. The van der Waals surface area contributed by atoms with Crippen molar-refractivity contribution in [1.82, 2.24) is 19.4 Å². The van der Waals surface area contributed by atoms with Crippen LogP contribution in [0.1, 0.15) is 28.5 Å². The van der Waals surface area contributed by atoms with Crippen molar-refractivity contribution < 1.29 is 9.53 Å². The summed E-state index contributed by atoms with van der Waals surface area (Å²) in [5, 5.41) is 9.42. The van der Waals surface area contributed by atoms with Crippen LogP contribution in [0, 0.1) is 22.9 Å². The maximum atomic E-state index is 12.3. The molecule has 0 radical (unpaired) electrons. The molecule has 0 aliphatic carbocycles. The standard InChI is InChI=1S/C19H22N6O2S/c1-3-27-18(26)16-11-15(12-20)17(28)25(14(16)2)13-23-7-9-24(10-8-23)19-21-5-4-6-22-19/h4-6,11H,3,7-10,13H2,1-2H3. The Labute approximate surface area is 169 Å². The molecular weight excluding hydrogens is 376 g/mol. The van der Waals surface area contributed by atoms with Crippen LogP contribution >= 0.6 is 12.2 Å². The molecule has 2 aromatic heterocycles. The van der Waals surface area contributed by atoms with Crippen LogP contribution in [0.3, 0.4) is 0 Å². The zero-order valence-corrected chi connectivity index (χ0v) is 16.8. The molecule has 9 heteroatoms. The largest absolute Gasteiger partial charge is 0.462 e. The molecule has 3 rings (SSSR count). The minimum Gasteiger partial charge on any atom is -0.462 e. The average Bonchev–Trinajstić information content (AvgIpc) is 2.72. The molecule has 1 fully saturated rings. The van der Waals surface area contributed by atoms with E-state index in [-0.39, 0.29) is 6.61 Å². The topological polar surface area (TPSA) is 87.3 Å². The Morgan fingerprint density at radius 1 is 1.29 bits per heavy atom. The highest BCUT2D eigenvalue weighted by molar-refractivity contribution is 7.71. The highest BCUT2D eigenvalue weighted by atomic mass is 32.1. The summed E-state index contributed by atoms with van der Waals surface area (Å²) in [5.41, 5.74) is 1.39. The van der Waals surface area contributed by atoms with Gasteiger partial charge in [-0.1, -0.05) is 12.2 Å². The van der Waals surface area contributed by atoms with E-state index < -0.39 is 5.97 Å². The fourth-order valence-electron chi connectivity index (χ4n) is 3.16. The van der Waals surface area contributed by atoms with E-state index in [0.717, 1.165) is 32.1 Å². The highest BCUT2D eigenvalue weighted by Gasteiger charge is 2.21. The Morgan fingerprint density at radius 2 is 1.96 bits per heavy atom. The van der Waals surface area contributed by atoms with Crippen molar-refractivity contribution in [3.05, 3.63) is 46.0 Å². The number of ether oxygens (including phenoxy) is 1. The number of esters is 1. The molecule has 3 heterocycles. The van der Waals surface area contributed by atoms with Gasteiger partial charge in [-0.2, -0.15) is 5.26 Å². The van der Waals surface area contributed by atoms with Crippen molar-refractivity contribution in [3.63, 3.8) is 0 Å². The van der Waals surface area contributed by atoms with E-state index in [0.29, 0.717) is 28.1 Å². The molecular formula is C19H22N6O2S. The van der Waals surface area contributed by atoms with E-state index in [1.165, 1.54) is 6.07 Å². The Morgan fingerprint density at radius 3 is 2.57 bits per heavy atom. The summed E-state index contributed by atoms with van der Waals surface area (Å²) < 4.78 is 7.40. The molecule has 146 valence electrons. The summed E-state index contributed by atoms with van der Waals surface area (Å²) in [6, 6.07) is 5.41. The molecule has 0 aromatic carbocycles. The Hall–Kier alpha value is -2.83. The minimum absolute atomic E-state index is 0.277. The first-order chi connectivity index (χ1) is 13.5. The van der Waals surface area contributed by atoms with Crippen LogP contribution in [0.5, 0.6) is 0 Å². The lowest BCUT2D eigenvalue weighted by Gasteiger charge is -2.35. The fourth-order valence-corrected chi connectivity index (χ4v) is 3.46. The maximum Gasteiger partial charge on any atom is 0.339 e. The Balaban J connectivity index is 1.79. The fraction of sp³-hybridized carbons (Fsp3) is 0.421. The van der Waals surface area contributed by atoms with E-state index in [1.54, 1.807) is 25.4 Å². The number of hydrogen-bond acceptors (Lipinski definition) is 8. The SMILES string of the molecule is CCOC(=O)c1cc(C#N)c(=S)n(CN2CCN(c3ncccn3)CC2)c1C. The van der Waals surface area contributed by atoms with Gasteiger partial charge in [-0.25, -0.2) is 14.8 Å². The van der Waals surface area contributed by atoms with Gasteiger partial charge in [-0.15, -0.1) is 0 Å². The summed E-state index contributed by atoms with van der Waals surface area (Å²) in [6.45, 7) is 7.55. The van der Waals surface area contributed by atoms with Gasteiger partial charge in [-0.3, -0.25) is 4.90 Å². The third-order valence-electron chi connectivity index (χ3n) is 4.72. The second-order valence-corrected chi connectivity index (χ2v) is 6.80. The van der Waals surface area contributed by atoms with Gasteiger partial charge in [0.25, 0.3) is 0 Å². The molecule has 0 spiro atoms. The summed E-state index contributed by atoms with van der Waals surface area (Å²) >= 11 is 5.49.